The maximum atomic E-state index is 10.5. The second-order valence-electron chi connectivity index (χ2n) is 5.46. The Morgan fingerprint density at radius 3 is 2.46 bits per heavy atom. The predicted molar refractivity (Wildman–Crippen MR) is 100 cm³/mol. The standard InChI is InChI=1S/C10H10ClNO3.C8H10S/c11-9-6-7(12(13)14)4-5-10(9)15-8-2-1-3-8;1-9-7-8-5-3-2-4-6-8/h4-6,8H,1-3H2;2-6H,7H2,1H3. The summed E-state index contributed by atoms with van der Waals surface area (Å²) in [5.74, 6) is 1.66. The summed E-state index contributed by atoms with van der Waals surface area (Å²) in [6, 6.07) is 14.8. The van der Waals surface area contributed by atoms with Gasteiger partial charge in [0.25, 0.3) is 5.69 Å². The third kappa shape index (κ3) is 5.73. The van der Waals surface area contributed by atoms with Gasteiger partial charge >= 0.3 is 0 Å². The topological polar surface area (TPSA) is 52.4 Å². The average molecular weight is 366 g/mol. The number of thioether (sulfide) groups is 1. The quantitative estimate of drug-likeness (QED) is 0.501. The molecular weight excluding hydrogens is 346 g/mol. The van der Waals surface area contributed by atoms with Gasteiger partial charge in [0.05, 0.1) is 16.0 Å². The van der Waals surface area contributed by atoms with Gasteiger partial charge in [0.2, 0.25) is 0 Å². The summed E-state index contributed by atoms with van der Waals surface area (Å²) in [4.78, 5) is 9.99. The number of halogens is 1. The number of non-ortho nitro benzene ring substituents is 1. The summed E-state index contributed by atoms with van der Waals surface area (Å²) >= 11 is 7.72. The number of hydrogen-bond acceptors (Lipinski definition) is 4. The number of nitrogens with zero attached hydrogens (tertiary/aromatic N) is 1. The number of rotatable bonds is 5. The van der Waals surface area contributed by atoms with Gasteiger partial charge in [0.1, 0.15) is 5.75 Å². The van der Waals surface area contributed by atoms with Crippen LogP contribution in [0.3, 0.4) is 0 Å². The van der Waals surface area contributed by atoms with Crippen LogP contribution in [-0.4, -0.2) is 17.3 Å². The minimum Gasteiger partial charge on any atom is -0.489 e. The fourth-order valence-electron chi connectivity index (χ4n) is 2.11. The van der Waals surface area contributed by atoms with Crippen LogP contribution in [0.4, 0.5) is 5.69 Å². The molecule has 1 aliphatic carbocycles. The van der Waals surface area contributed by atoms with Gasteiger partial charge in [-0.15, -0.1) is 0 Å². The lowest BCUT2D eigenvalue weighted by molar-refractivity contribution is -0.384. The van der Waals surface area contributed by atoms with Gasteiger partial charge < -0.3 is 4.74 Å². The molecule has 2 aromatic carbocycles. The molecule has 1 aliphatic rings. The lowest BCUT2D eigenvalue weighted by atomic mass is 9.96. The molecule has 3 rings (SSSR count). The monoisotopic (exact) mass is 365 g/mol. The van der Waals surface area contributed by atoms with Crippen LogP contribution in [0, 0.1) is 10.1 Å². The molecule has 128 valence electrons. The highest BCUT2D eigenvalue weighted by atomic mass is 35.5. The maximum absolute atomic E-state index is 10.5. The predicted octanol–water partition coefficient (Wildman–Crippen LogP) is 5.73. The lowest BCUT2D eigenvalue weighted by Crippen LogP contribution is -2.24. The molecule has 0 spiro atoms. The molecule has 6 heteroatoms. The summed E-state index contributed by atoms with van der Waals surface area (Å²) in [5, 5.41) is 10.8. The van der Waals surface area contributed by atoms with E-state index >= 15 is 0 Å². The van der Waals surface area contributed by atoms with E-state index in [0.717, 1.165) is 18.6 Å². The molecule has 4 nitrogen and oxygen atoms in total. The Kier molecular flexibility index (Phi) is 7.40. The zero-order valence-electron chi connectivity index (χ0n) is 13.5. The van der Waals surface area contributed by atoms with Crippen LogP contribution in [0.2, 0.25) is 5.02 Å². The molecular formula is C18H20ClNO3S. The fourth-order valence-corrected chi connectivity index (χ4v) is 2.85. The molecule has 1 saturated carbocycles. The molecule has 0 unspecified atom stereocenters. The Hall–Kier alpha value is -1.72. The summed E-state index contributed by atoms with van der Waals surface area (Å²) in [6.07, 6.45) is 5.59. The van der Waals surface area contributed by atoms with Gasteiger partial charge in [-0.2, -0.15) is 11.8 Å². The van der Waals surface area contributed by atoms with Gasteiger partial charge in [-0.3, -0.25) is 10.1 Å². The Bertz CT molecular complexity index is 663. The highest BCUT2D eigenvalue weighted by Crippen LogP contribution is 2.32. The Balaban J connectivity index is 0.000000198. The van der Waals surface area contributed by atoms with E-state index < -0.39 is 4.92 Å². The van der Waals surface area contributed by atoms with Crippen LogP contribution >= 0.6 is 23.4 Å². The van der Waals surface area contributed by atoms with Crippen molar-refractivity contribution in [2.24, 2.45) is 0 Å². The third-order valence-corrected chi connectivity index (χ3v) is 4.54. The van der Waals surface area contributed by atoms with Crippen LogP contribution < -0.4 is 4.74 Å². The minimum atomic E-state index is -0.473. The molecule has 24 heavy (non-hydrogen) atoms. The van der Waals surface area contributed by atoms with Crippen LogP contribution in [0.25, 0.3) is 0 Å². The number of ether oxygens (including phenoxy) is 1. The fraction of sp³-hybridized carbons (Fsp3) is 0.333. The first kappa shape index (κ1) is 18.6. The smallest absolute Gasteiger partial charge is 0.271 e. The van der Waals surface area contributed by atoms with Crippen LogP contribution in [0.1, 0.15) is 24.8 Å². The molecule has 0 radical (unpaired) electrons. The van der Waals surface area contributed by atoms with E-state index in [4.69, 9.17) is 16.3 Å². The zero-order valence-corrected chi connectivity index (χ0v) is 15.1. The number of nitro benzene ring substituents is 1. The first-order valence-corrected chi connectivity index (χ1v) is 9.51. The van der Waals surface area contributed by atoms with E-state index in [1.54, 1.807) is 6.07 Å². The molecule has 0 atom stereocenters. The van der Waals surface area contributed by atoms with Crippen molar-refractivity contribution in [3.63, 3.8) is 0 Å². The molecule has 0 amide bonds. The van der Waals surface area contributed by atoms with Crippen molar-refractivity contribution in [3.05, 3.63) is 69.2 Å². The molecule has 0 aromatic heterocycles. The van der Waals surface area contributed by atoms with E-state index in [9.17, 15) is 10.1 Å². The molecule has 2 aromatic rings. The van der Waals surface area contributed by atoms with Crippen LogP contribution in [0.15, 0.2) is 48.5 Å². The second kappa shape index (κ2) is 9.55. The normalized spacial score (nSPS) is 13.4. The van der Waals surface area contributed by atoms with Crippen molar-refractivity contribution in [1.29, 1.82) is 0 Å². The van der Waals surface area contributed by atoms with Gasteiger partial charge in [-0.25, -0.2) is 0 Å². The molecule has 0 heterocycles. The van der Waals surface area contributed by atoms with Crippen molar-refractivity contribution in [1.82, 2.24) is 0 Å². The number of hydrogen-bond donors (Lipinski definition) is 0. The van der Waals surface area contributed by atoms with Gasteiger partial charge in [0, 0.05) is 17.9 Å². The van der Waals surface area contributed by atoms with Gasteiger partial charge in [0.15, 0.2) is 0 Å². The molecule has 0 saturated heterocycles. The largest absolute Gasteiger partial charge is 0.489 e. The van der Waals surface area contributed by atoms with Crippen molar-refractivity contribution in [2.75, 3.05) is 6.26 Å². The van der Waals surface area contributed by atoms with Crippen LogP contribution in [0.5, 0.6) is 5.75 Å². The maximum Gasteiger partial charge on any atom is 0.271 e. The first-order valence-electron chi connectivity index (χ1n) is 7.73. The molecule has 0 bridgehead atoms. The highest BCUT2D eigenvalue weighted by molar-refractivity contribution is 7.97. The molecule has 0 aliphatic heterocycles. The van der Waals surface area contributed by atoms with Crippen molar-refractivity contribution in [2.45, 2.75) is 31.1 Å². The van der Waals surface area contributed by atoms with Crippen molar-refractivity contribution in [3.8, 4) is 5.75 Å². The van der Waals surface area contributed by atoms with E-state index in [2.05, 4.69) is 30.5 Å². The first-order chi connectivity index (χ1) is 11.6. The van der Waals surface area contributed by atoms with Crippen molar-refractivity contribution < 1.29 is 9.66 Å². The minimum absolute atomic E-state index is 0.0130. The number of benzene rings is 2. The summed E-state index contributed by atoms with van der Waals surface area (Å²) in [7, 11) is 0. The highest BCUT2D eigenvalue weighted by Gasteiger charge is 2.20. The molecule has 1 fully saturated rings. The lowest BCUT2D eigenvalue weighted by Gasteiger charge is -2.26. The molecule has 0 N–H and O–H groups in total. The van der Waals surface area contributed by atoms with E-state index in [1.165, 1.54) is 24.1 Å². The summed E-state index contributed by atoms with van der Waals surface area (Å²) in [5.41, 5.74) is 1.39. The Morgan fingerprint density at radius 1 is 1.25 bits per heavy atom. The van der Waals surface area contributed by atoms with E-state index in [-0.39, 0.29) is 11.8 Å². The van der Waals surface area contributed by atoms with Gasteiger partial charge in [-0.05, 0) is 37.1 Å². The SMILES string of the molecule is CSCc1ccccc1.O=[N+]([O-])c1ccc(OC2CCC2)c(Cl)c1. The van der Waals surface area contributed by atoms with E-state index in [0.29, 0.717) is 10.8 Å². The second-order valence-corrected chi connectivity index (χ2v) is 6.73. The van der Waals surface area contributed by atoms with E-state index in [1.807, 2.05) is 17.8 Å². The van der Waals surface area contributed by atoms with Crippen LogP contribution in [-0.2, 0) is 5.75 Å². The summed E-state index contributed by atoms with van der Waals surface area (Å²) in [6.45, 7) is 0. The Labute approximate surface area is 151 Å². The number of nitro groups is 1. The summed E-state index contributed by atoms with van der Waals surface area (Å²) < 4.78 is 5.56. The zero-order chi connectivity index (χ0) is 17.4. The average Bonchev–Trinajstić information content (AvgIpc) is 2.54. The van der Waals surface area contributed by atoms with Gasteiger partial charge in [-0.1, -0.05) is 41.9 Å². The van der Waals surface area contributed by atoms with Crippen molar-refractivity contribution >= 4 is 29.1 Å². The Morgan fingerprint density at radius 2 is 1.96 bits per heavy atom. The third-order valence-electron chi connectivity index (χ3n) is 3.63.